The van der Waals surface area contributed by atoms with Crippen molar-refractivity contribution >= 4 is 43.1 Å². The Balaban J connectivity index is 2.66. The molecule has 0 saturated carbocycles. The van der Waals surface area contributed by atoms with Crippen molar-refractivity contribution in [1.29, 1.82) is 0 Å². The van der Waals surface area contributed by atoms with Crippen LogP contribution in [0.25, 0.3) is 0 Å². The number of rotatable bonds is 7. The van der Waals surface area contributed by atoms with E-state index in [4.69, 9.17) is 23.2 Å². The molecule has 1 aromatic carbocycles. The first-order valence-corrected chi connectivity index (χ1v) is 9.94. The van der Waals surface area contributed by atoms with Gasteiger partial charge in [-0.3, -0.25) is 0 Å². The molecule has 0 aliphatic carbocycles. The van der Waals surface area contributed by atoms with Gasteiger partial charge in [-0.2, -0.15) is 0 Å². The smallest absolute Gasteiger partial charge is 0.211 e. The lowest BCUT2D eigenvalue weighted by Gasteiger charge is -2.07. The van der Waals surface area contributed by atoms with E-state index >= 15 is 0 Å². The minimum Gasteiger partial charge on any atom is -0.228 e. The number of sulfone groups is 1. The molecule has 0 aromatic heterocycles. The zero-order valence-corrected chi connectivity index (χ0v) is 13.9. The maximum Gasteiger partial charge on any atom is 0.211 e. The molecule has 0 bridgehead atoms. The molecule has 0 aliphatic heterocycles. The van der Waals surface area contributed by atoms with Crippen molar-refractivity contribution < 1.29 is 16.8 Å². The first-order valence-electron chi connectivity index (χ1n) is 5.71. The second-order valence-electron chi connectivity index (χ2n) is 4.20. The third-order valence-electron chi connectivity index (χ3n) is 2.57. The first kappa shape index (κ1) is 17.7. The highest BCUT2D eigenvalue weighted by Gasteiger charge is 2.16. The predicted molar refractivity (Wildman–Crippen MR) is 81.4 cm³/mol. The zero-order valence-electron chi connectivity index (χ0n) is 10.8. The van der Waals surface area contributed by atoms with Crippen LogP contribution in [0.4, 0.5) is 0 Å². The molecule has 20 heavy (non-hydrogen) atoms. The van der Waals surface area contributed by atoms with Crippen molar-refractivity contribution in [2.45, 2.75) is 12.2 Å². The molecule has 0 spiro atoms. The topological polar surface area (TPSA) is 80.3 Å². The van der Waals surface area contributed by atoms with Crippen LogP contribution in [0.5, 0.6) is 0 Å². The van der Waals surface area contributed by atoms with Crippen LogP contribution in [0.2, 0.25) is 10.0 Å². The Morgan fingerprint density at radius 2 is 1.75 bits per heavy atom. The SMILES string of the molecule is CNS(=O)(=O)CCCS(=O)(=O)Cc1ccc(Cl)cc1Cl. The van der Waals surface area contributed by atoms with Gasteiger partial charge in [0.25, 0.3) is 0 Å². The maximum absolute atomic E-state index is 11.9. The maximum atomic E-state index is 11.9. The van der Waals surface area contributed by atoms with E-state index in [1.54, 1.807) is 12.1 Å². The van der Waals surface area contributed by atoms with Gasteiger partial charge in [0, 0.05) is 10.0 Å². The van der Waals surface area contributed by atoms with E-state index in [0.29, 0.717) is 10.6 Å². The molecule has 0 atom stereocenters. The Kier molecular flexibility index (Phi) is 6.27. The number of hydrogen-bond acceptors (Lipinski definition) is 4. The van der Waals surface area contributed by atoms with Crippen molar-refractivity contribution in [1.82, 2.24) is 4.72 Å². The van der Waals surface area contributed by atoms with Gasteiger partial charge < -0.3 is 0 Å². The van der Waals surface area contributed by atoms with Crippen molar-refractivity contribution in [2.75, 3.05) is 18.6 Å². The Labute approximate surface area is 129 Å². The van der Waals surface area contributed by atoms with E-state index in [-0.39, 0.29) is 28.7 Å². The Bertz CT molecular complexity index is 672. The summed E-state index contributed by atoms with van der Waals surface area (Å²) in [6.07, 6.45) is 0.0384. The van der Waals surface area contributed by atoms with Crippen LogP contribution in [0, 0.1) is 0 Å². The molecular weight excluding hydrogens is 345 g/mol. The van der Waals surface area contributed by atoms with Gasteiger partial charge in [-0.05, 0) is 31.2 Å². The largest absolute Gasteiger partial charge is 0.228 e. The Morgan fingerprint density at radius 1 is 1.10 bits per heavy atom. The van der Waals surface area contributed by atoms with Crippen LogP contribution < -0.4 is 4.72 Å². The molecular formula is C11H15Cl2NO4S2. The summed E-state index contributed by atoms with van der Waals surface area (Å²) in [5.74, 6) is -0.674. The van der Waals surface area contributed by atoms with Gasteiger partial charge >= 0.3 is 0 Å². The highest BCUT2D eigenvalue weighted by Crippen LogP contribution is 2.23. The summed E-state index contributed by atoms with van der Waals surface area (Å²) < 4.78 is 48.3. The fraction of sp³-hybridized carbons (Fsp3) is 0.455. The summed E-state index contributed by atoms with van der Waals surface area (Å²) in [6, 6.07) is 4.58. The molecule has 0 fully saturated rings. The lowest BCUT2D eigenvalue weighted by Crippen LogP contribution is -2.23. The summed E-state index contributed by atoms with van der Waals surface area (Å²) >= 11 is 11.6. The molecule has 0 radical (unpaired) electrons. The average molecular weight is 360 g/mol. The molecule has 9 heteroatoms. The van der Waals surface area contributed by atoms with Gasteiger partial charge in [0.1, 0.15) is 0 Å². The Hall–Kier alpha value is -0.340. The van der Waals surface area contributed by atoms with Crippen LogP contribution in [-0.4, -0.2) is 35.4 Å². The third-order valence-corrected chi connectivity index (χ3v) is 6.27. The molecule has 1 rings (SSSR count). The number of halogens is 2. The predicted octanol–water partition coefficient (Wildman–Crippen LogP) is 1.85. The normalized spacial score (nSPS) is 12.6. The summed E-state index contributed by atoms with van der Waals surface area (Å²) in [4.78, 5) is 0. The molecule has 0 unspecified atom stereocenters. The molecule has 0 amide bonds. The van der Waals surface area contributed by atoms with E-state index < -0.39 is 19.9 Å². The molecule has 0 saturated heterocycles. The van der Waals surface area contributed by atoms with Crippen molar-refractivity contribution in [3.8, 4) is 0 Å². The van der Waals surface area contributed by atoms with Crippen LogP contribution in [0.15, 0.2) is 18.2 Å². The first-order chi connectivity index (χ1) is 9.15. The molecule has 0 heterocycles. The molecule has 114 valence electrons. The van der Waals surface area contributed by atoms with Gasteiger partial charge in [0.2, 0.25) is 10.0 Å². The number of hydrogen-bond donors (Lipinski definition) is 1. The van der Waals surface area contributed by atoms with Crippen molar-refractivity contribution in [3.05, 3.63) is 33.8 Å². The third kappa shape index (κ3) is 5.97. The van der Waals surface area contributed by atoms with E-state index in [2.05, 4.69) is 4.72 Å². The number of nitrogens with one attached hydrogen (secondary N) is 1. The van der Waals surface area contributed by atoms with Crippen LogP contribution >= 0.6 is 23.2 Å². The van der Waals surface area contributed by atoms with Crippen molar-refractivity contribution in [2.24, 2.45) is 0 Å². The highest BCUT2D eigenvalue weighted by molar-refractivity contribution is 7.91. The summed E-state index contributed by atoms with van der Waals surface area (Å²) in [5, 5.41) is 0.709. The lowest BCUT2D eigenvalue weighted by molar-refractivity contribution is 0.584. The van der Waals surface area contributed by atoms with Gasteiger partial charge in [-0.1, -0.05) is 29.3 Å². The van der Waals surface area contributed by atoms with Gasteiger partial charge in [0.05, 0.1) is 17.3 Å². The van der Waals surface area contributed by atoms with E-state index in [9.17, 15) is 16.8 Å². The monoisotopic (exact) mass is 359 g/mol. The van der Waals surface area contributed by atoms with Gasteiger partial charge in [0.15, 0.2) is 9.84 Å². The standard InChI is InChI=1S/C11H15Cl2NO4S2/c1-14-20(17,18)6-2-5-19(15,16)8-9-3-4-10(12)7-11(9)13/h3-4,7,14H,2,5-6,8H2,1H3. The molecule has 1 N–H and O–H groups in total. The van der Waals surface area contributed by atoms with Crippen LogP contribution in [0.1, 0.15) is 12.0 Å². The second-order valence-corrected chi connectivity index (χ2v) is 9.28. The zero-order chi connectivity index (χ0) is 15.4. The fourth-order valence-electron chi connectivity index (χ4n) is 1.52. The highest BCUT2D eigenvalue weighted by atomic mass is 35.5. The minimum absolute atomic E-state index is 0.0384. The average Bonchev–Trinajstić information content (AvgIpc) is 2.32. The quantitative estimate of drug-likeness (QED) is 0.805. The molecule has 5 nitrogen and oxygen atoms in total. The van der Waals surface area contributed by atoms with Gasteiger partial charge in [-0.15, -0.1) is 0 Å². The fourth-order valence-corrected chi connectivity index (χ4v) is 4.44. The Morgan fingerprint density at radius 3 is 2.30 bits per heavy atom. The molecule has 1 aromatic rings. The van der Waals surface area contributed by atoms with Crippen LogP contribution in [-0.2, 0) is 25.6 Å². The lowest BCUT2D eigenvalue weighted by atomic mass is 10.2. The number of sulfonamides is 1. The van der Waals surface area contributed by atoms with Crippen molar-refractivity contribution in [3.63, 3.8) is 0 Å². The van der Waals surface area contributed by atoms with Gasteiger partial charge in [-0.25, -0.2) is 21.6 Å². The van der Waals surface area contributed by atoms with Crippen LogP contribution in [0.3, 0.4) is 0 Å². The second kappa shape index (κ2) is 7.09. The summed E-state index contributed by atoms with van der Waals surface area (Å²) in [7, 11) is -5.52. The minimum atomic E-state index is -3.42. The van der Waals surface area contributed by atoms with E-state index in [0.717, 1.165) is 0 Å². The van der Waals surface area contributed by atoms with E-state index in [1.165, 1.54) is 13.1 Å². The summed E-state index contributed by atoms with van der Waals surface area (Å²) in [5.41, 5.74) is 0.451. The number of benzene rings is 1. The van der Waals surface area contributed by atoms with E-state index in [1.807, 2.05) is 0 Å². The molecule has 0 aliphatic rings. The summed E-state index contributed by atoms with van der Waals surface area (Å²) in [6.45, 7) is 0.